The van der Waals surface area contributed by atoms with Crippen molar-refractivity contribution in [1.29, 1.82) is 0 Å². The van der Waals surface area contributed by atoms with E-state index >= 15 is 0 Å². The van der Waals surface area contributed by atoms with E-state index < -0.39 is 0 Å². The summed E-state index contributed by atoms with van der Waals surface area (Å²) in [5, 5.41) is 3.40. The Hall–Kier alpha value is -1.81. The maximum atomic E-state index is 5.22. The van der Waals surface area contributed by atoms with Crippen molar-refractivity contribution in [3.63, 3.8) is 0 Å². The summed E-state index contributed by atoms with van der Waals surface area (Å²) < 4.78 is 7.36. The fraction of sp³-hybridized carbons (Fsp3) is 0.400. The highest BCUT2D eigenvalue weighted by Crippen LogP contribution is 2.23. The quantitative estimate of drug-likeness (QED) is 0.890. The van der Waals surface area contributed by atoms with Crippen LogP contribution < -0.4 is 5.32 Å². The molecule has 0 spiro atoms. The Morgan fingerprint density at radius 3 is 2.74 bits per heavy atom. The van der Waals surface area contributed by atoms with Crippen molar-refractivity contribution in [3.8, 4) is 0 Å². The molecule has 19 heavy (non-hydrogen) atoms. The summed E-state index contributed by atoms with van der Waals surface area (Å²) in [6, 6.07) is 8.50. The number of anilines is 2. The molecule has 1 aromatic heterocycles. The average molecular weight is 259 g/mol. The molecule has 102 valence electrons. The lowest BCUT2D eigenvalue weighted by Crippen LogP contribution is -2.06. The number of hydrogen-bond acceptors (Lipinski definition) is 3. The molecule has 2 rings (SSSR count). The second-order valence-electron chi connectivity index (χ2n) is 4.92. The molecule has 0 bridgehead atoms. The van der Waals surface area contributed by atoms with Crippen LogP contribution in [0, 0.1) is 6.92 Å². The first-order chi connectivity index (χ1) is 9.11. The van der Waals surface area contributed by atoms with Crippen LogP contribution in [0.5, 0.6) is 0 Å². The Kier molecular flexibility index (Phi) is 4.22. The summed E-state index contributed by atoms with van der Waals surface area (Å²) >= 11 is 0. The Bertz CT molecular complexity index is 546. The van der Waals surface area contributed by atoms with Crippen molar-refractivity contribution in [2.45, 2.75) is 33.4 Å². The normalized spacial score (nSPS) is 11.0. The second-order valence-corrected chi connectivity index (χ2v) is 4.92. The number of nitrogens with one attached hydrogen (secondary N) is 1. The van der Waals surface area contributed by atoms with Crippen LogP contribution in [0.15, 0.2) is 30.5 Å². The lowest BCUT2D eigenvalue weighted by atomic mass is 10.2. The van der Waals surface area contributed by atoms with Crippen LogP contribution in [0.25, 0.3) is 0 Å². The van der Waals surface area contributed by atoms with Crippen LogP contribution in [0.2, 0.25) is 0 Å². The zero-order valence-corrected chi connectivity index (χ0v) is 12.0. The summed E-state index contributed by atoms with van der Waals surface area (Å²) in [5.41, 5.74) is 3.18. The molecule has 4 heteroatoms. The Labute approximate surface area is 114 Å². The summed E-state index contributed by atoms with van der Waals surface area (Å²) in [5.74, 6) is 0.871. The Morgan fingerprint density at radius 2 is 2.05 bits per heavy atom. The van der Waals surface area contributed by atoms with Gasteiger partial charge in [-0.3, -0.25) is 0 Å². The molecule has 0 unspecified atom stereocenters. The van der Waals surface area contributed by atoms with E-state index in [0.717, 1.165) is 22.9 Å². The number of aryl methyl sites for hydroxylation is 1. The van der Waals surface area contributed by atoms with E-state index in [-0.39, 0.29) is 0 Å². The minimum atomic E-state index is 0.373. The van der Waals surface area contributed by atoms with Crippen molar-refractivity contribution in [1.82, 2.24) is 9.55 Å². The summed E-state index contributed by atoms with van der Waals surface area (Å²) in [6.45, 7) is 6.89. The molecule has 2 aromatic rings. The van der Waals surface area contributed by atoms with E-state index in [9.17, 15) is 0 Å². The second kappa shape index (κ2) is 5.89. The molecule has 4 nitrogen and oxygen atoms in total. The molecule has 0 fully saturated rings. The highest BCUT2D eigenvalue weighted by molar-refractivity contribution is 5.58. The first-order valence-electron chi connectivity index (χ1n) is 6.51. The lowest BCUT2D eigenvalue weighted by Gasteiger charge is -2.15. The van der Waals surface area contributed by atoms with Crippen molar-refractivity contribution < 1.29 is 4.74 Å². The Morgan fingerprint density at radius 1 is 1.32 bits per heavy atom. The maximum absolute atomic E-state index is 5.22. The zero-order chi connectivity index (χ0) is 13.8. The first kappa shape index (κ1) is 13.6. The van der Waals surface area contributed by atoms with Gasteiger partial charge in [0.15, 0.2) is 0 Å². The van der Waals surface area contributed by atoms with E-state index in [0.29, 0.717) is 12.6 Å². The van der Waals surface area contributed by atoms with Crippen LogP contribution in [-0.2, 0) is 11.3 Å². The number of ether oxygens (including phenoxy) is 1. The van der Waals surface area contributed by atoms with Gasteiger partial charge in [-0.2, -0.15) is 0 Å². The van der Waals surface area contributed by atoms with E-state index in [1.165, 1.54) is 0 Å². The third kappa shape index (κ3) is 3.15. The molecule has 0 aliphatic carbocycles. The molecule has 0 saturated heterocycles. The van der Waals surface area contributed by atoms with Crippen molar-refractivity contribution >= 4 is 11.6 Å². The van der Waals surface area contributed by atoms with Gasteiger partial charge in [-0.05, 0) is 26.8 Å². The summed E-state index contributed by atoms with van der Waals surface area (Å²) in [4.78, 5) is 4.54. The highest BCUT2D eigenvalue weighted by Gasteiger charge is 2.10. The molecule has 0 saturated carbocycles. The van der Waals surface area contributed by atoms with Gasteiger partial charge in [-0.15, -0.1) is 0 Å². The standard InChI is InChI=1S/C15H21N3O/c1-11(2)18-9-12(3)16-15(18)17-14-8-6-5-7-13(14)10-19-4/h5-9,11H,10H2,1-4H3,(H,16,17). The van der Waals surface area contributed by atoms with Crippen LogP contribution >= 0.6 is 0 Å². The van der Waals surface area contributed by atoms with E-state index in [1.54, 1.807) is 7.11 Å². The largest absolute Gasteiger partial charge is 0.380 e. The number of imidazole rings is 1. The molecular weight excluding hydrogens is 238 g/mol. The molecule has 0 radical (unpaired) electrons. The van der Waals surface area contributed by atoms with Gasteiger partial charge in [0.2, 0.25) is 5.95 Å². The molecule has 0 aliphatic rings. The smallest absolute Gasteiger partial charge is 0.207 e. The number of methoxy groups -OCH3 is 1. The van der Waals surface area contributed by atoms with Gasteiger partial charge < -0.3 is 14.6 Å². The molecule has 0 aliphatic heterocycles. The molecule has 1 aromatic carbocycles. The van der Waals surface area contributed by atoms with E-state index in [4.69, 9.17) is 4.74 Å². The molecule has 1 heterocycles. The van der Waals surface area contributed by atoms with Crippen molar-refractivity contribution in [2.24, 2.45) is 0 Å². The predicted octanol–water partition coefficient (Wildman–Crippen LogP) is 3.66. The number of aromatic nitrogens is 2. The minimum Gasteiger partial charge on any atom is -0.380 e. The number of nitrogens with zero attached hydrogens (tertiary/aromatic N) is 2. The predicted molar refractivity (Wildman–Crippen MR) is 77.8 cm³/mol. The lowest BCUT2D eigenvalue weighted by molar-refractivity contribution is 0.185. The van der Waals surface area contributed by atoms with Crippen LogP contribution in [0.1, 0.15) is 31.1 Å². The fourth-order valence-corrected chi connectivity index (χ4v) is 2.05. The zero-order valence-electron chi connectivity index (χ0n) is 12.0. The fourth-order valence-electron chi connectivity index (χ4n) is 2.05. The summed E-state index contributed by atoms with van der Waals surface area (Å²) in [7, 11) is 1.70. The van der Waals surface area contributed by atoms with Gasteiger partial charge in [0.1, 0.15) is 0 Å². The van der Waals surface area contributed by atoms with Gasteiger partial charge in [0, 0.05) is 30.6 Å². The van der Waals surface area contributed by atoms with Gasteiger partial charge in [0.25, 0.3) is 0 Å². The Balaban J connectivity index is 2.31. The van der Waals surface area contributed by atoms with Crippen molar-refractivity contribution in [3.05, 3.63) is 41.7 Å². The number of hydrogen-bond donors (Lipinski definition) is 1. The van der Waals surface area contributed by atoms with Gasteiger partial charge in [0.05, 0.1) is 12.3 Å². The molecule has 1 N–H and O–H groups in total. The monoisotopic (exact) mass is 259 g/mol. The third-order valence-electron chi connectivity index (χ3n) is 2.97. The molecule has 0 amide bonds. The average Bonchev–Trinajstić information content (AvgIpc) is 2.73. The van der Waals surface area contributed by atoms with E-state index in [1.807, 2.05) is 25.1 Å². The maximum Gasteiger partial charge on any atom is 0.207 e. The third-order valence-corrected chi connectivity index (χ3v) is 2.97. The van der Waals surface area contributed by atoms with Gasteiger partial charge in [-0.25, -0.2) is 4.98 Å². The topological polar surface area (TPSA) is 39.1 Å². The van der Waals surface area contributed by atoms with Crippen LogP contribution in [-0.4, -0.2) is 16.7 Å². The number of benzene rings is 1. The minimum absolute atomic E-state index is 0.373. The molecular formula is C15H21N3O. The van der Waals surface area contributed by atoms with E-state index in [2.05, 4.69) is 41.0 Å². The number of rotatable bonds is 5. The van der Waals surface area contributed by atoms with Crippen LogP contribution in [0.4, 0.5) is 11.6 Å². The number of para-hydroxylation sites is 1. The van der Waals surface area contributed by atoms with Crippen LogP contribution in [0.3, 0.4) is 0 Å². The van der Waals surface area contributed by atoms with Crippen molar-refractivity contribution in [2.75, 3.05) is 12.4 Å². The molecule has 0 atom stereocenters. The highest BCUT2D eigenvalue weighted by atomic mass is 16.5. The van der Waals surface area contributed by atoms with Gasteiger partial charge >= 0.3 is 0 Å². The first-order valence-corrected chi connectivity index (χ1v) is 6.51. The summed E-state index contributed by atoms with van der Waals surface area (Å²) in [6.07, 6.45) is 2.06. The SMILES string of the molecule is COCc1ccccc1Nc1nc(C)cn1C(C)C. The van der Waals surface area contributed by atoms with Gasteiger partial charge in [-0.1, -0.05) is 18.2 Å².